The number of aliphatic hydroxyl groups is 1. The molecule has 9 heavy (non-hydrogen) atoms. The molecule has 0 unspecified atom stereocenters. The minimum atomic E-state index is -3.92. The summed E-state index contributed by atoms with van der Waals surface area (Å²) in [6.07, 6.45) is 0. The molecule has 0 radical (unpaired) electrons. The van der Waals surface area contributed by atoms with E-state index < -0.39 is 22.5 Å². The van der Waals surface area contributed by atoms with Crippen LogP contribution >= 0.6 is 0 Å². The Labute approximate surface area is 72.4 Å². The van der Waals surface area contributed by atoms with Crippen molar-refractivity contribution >= 4 is 38.0 Å². The molecule has 0 aliphatic rings. The van der Waals surface area contributed by atoms with Gasteiger partial charge in [-0.1, -0.05) is 0 Å². The molecule has 0 saturated heterocycles. The zero-order chi connectivity index (χ0) is 7.91. The van der Waals surface area contributed by atoms with Gasteiger partial charge in [0.25, 0.3) is 10.1 Å². The van der Waals surface area contributed by atoms with Gasteiger partial charge in [0, 0.05) is 0 Å². The topological polar surface area (TPSA) is 74.6 Å². The molecule has 2 N–H and O–H groups in total. The van der Waals surface area contributed by atoms with Crippen molar-refractivity contribution in [3.05, 3.63) is 0 Å². The summed E-state index contributed by atoms with van der Waals surface area (Å²) in [5, 5.41) is 7.86. The summed E-state index contributed by atoms with van der Waals surface area (Å²) in [7, 11) is -3.92. The van der Waals surface area contributed by atoms with Crippen molar-refractivity contribution in [2.75, 3.05) is 12.4 Å². The van der Waals surface area contributed by atoms with Crippen molar-refractivity contribution in [3.8, 4) is 0 Å². The van der Waals surface area contributed by atoms with Crippen LogP contribution in [0, 0.1) is 0 Å². The van der Waals surface area contributed by atoms with Crippen molar-refractivity contribution < 1.29 is 18.1 Å². The number of hydrogen-bond donors (Lipinski definition) is 2. The van der Waals surface area contributed by atoms with Crippen LogP contribution in [0.5, 0.6) is 0 Å². The Bertz CT molecular complexity index is 129. The van der Waals surface area contributed by atoms with Gasteiger partial charge in [0.2, 0.25) is 0 Å². The van der Waals surface area contributed by atoms with Crippen LogP contribution in [0.3, 0.4) is 0 Å². The van der Waals surface area contributed by atoms with Crippen LogP contribution in [0.25, 0.3) is 0 Å². The van der Waals surface area contributed by atoms with Gasteiger partial charge in [0.1, 0.15) is 0 Å². The van der Waals surface area contributed by atoms with E-state index in [9.17, 15) is 8.42 Å². The maximum atomic E-state index is 9.63. The molecule has 0 rings (SSSR count). The Morgan fingerprint density at radius 2 is 1.78 bits per heavy atom. The number of aliphatic hydroxyl groups excluding tert-OH is 1. The van der Waals surface area contributed by atoms with Crippen LogP contribution in [-0.2, 0) is 10.1 Å². The first kappa shape index (κ1) is 12.5. The summed E-state index contributed by atoms with van der Waals surface area (Å²) in [6.45, 7) is -0.529. The summed E-state index contributed by atoms with van der Waals surface area (Å²) in [6, 6.07) is 0. The van der Waals surface area contributed by atoms with Crippen LogP contribution in [0.2, 0.25) is 4.17 Å². The average Bonchev–Trinajstić information content (AvgIpc) is 1.69. The first-order valence-corrected chi connectivity index (χ1v) is 6.23. The van der Waals surface area contributed by atoms with E-state index in [0.29, 0.717) is 0 Å². The molecule has 0 heterocycles. The van der Waals surface area contributed by atoms with Crippen LogP contribution in [0.1, 0.15) is 0 Å². The second-order valence-corrected chi connectivity index (χ2v) is 2.58. The van der Waals surface area contributed by atoms with Gasteiger partial charge in [-0.25, -0.2) is 0 Å². The van der Waals surface area contributed by atoms with Crippen molar-refractivity contribution in [2.24, 2.45) is 0 Å². The van der Waals surface area contributed by atoms with Gasteiger partial charge in [-0.2, -0.15) is 8.42 Å². The van der Waals surface area contributed by atoms with Gasteiger partial charge in [0.15, 0.2) is 0 Å². The van der Waals surface area contributed by atoms with E-state index in [4.69, 9.17) is 9.66 Å². The van der Waals surface area contributed by atoms with E-state index >= 15 is 0 Å². The molecule has 52 valence electrons. The zero-order valence-corrected chi connectivity index (χ0v) is 8.35. The molecule has 0 fully saturated rings. The Balaban J connectivity index is 0. The molecule has 4 nitrogen and oxygen atoms in total. The molecule has 0 aromatic rings. The second kappa shape index (κ2) is 6.98. The van der Waals surface area contributed by atoms with Gasteiger partial charge in [-0.3, -0.25) is 4.55 Å². The van der Waals surface area contributed by atoms with Gasteiger partial charge >= 0.3 is 32.1 Å². The minimum absolute atomic E-state index is 0.529. The van der Waals surface area contributed by atoms with Gasteiger partial charge in [-0.05, 0) is 0 Å². The van der Waals surface area contributed by atoms with Crippen LogP contribution in [0.15, 0.2) is 0 Å². The van der Waals surface area contributed by atoms with Gasteiger partial charge < -0.3 is 5.11 Å². The molecule has 0 atom stereocenters. The van der Waals surface area contributed by atoms with E-state index in [-0.39, 0.29) is 0 Å². The first-order chi connectivity index (χ1) is 4.06. The molecule has 0 spiro atoms. The molecule has 0 aliphatic carbocycles. The summed E-state index contributed by atoms with van der Waals surface area (Å²) < 4.78 is 29.2. The second-order valence-electron chi connectivity index (χ2n) is 1.01. The van der Waals surface area contributed by atoms with E-state index in [0.717, 1.165) is 0 Å². The molecular weight excluding hydrogens is 155 g/mol. The zero-order valence-electron chi connectivity index (χ0n) is 5.53. The fraction of sp³-hybridized carbons (Fsp3) is 1.00. The van der Waals surface area contributed by atoms with E-state index in [1.165, 1.54) is 27.9 Å². The molecule has 0 aliphatic heterocycles. The Morgan fingerprint density at radius 3 is 1.78 bits per heavy atom. The predicted octanol–water partition coefficient (Wildman–Crippen LogP) is -0.930. The van der Waals surface area contributed by atoms with Crippen molar-refractivity contribution in [3.63, 3.8) is 0 Å². The van der Waals surface area contributed by atoms with E-state index in [1.54, 1.807) is 0 Å². The third-order valence-electron chi connectivity index (χ3n) is 0.349. The van der Waals surface area contributed by atoms with Crippen molar-refractivity contribution in [1.29, 1.82) is 0 Å². The fourth-order valence-electron chi connectivity index (χ4n) is 0.115. The third-order valence-corrected chi connectivity index (χ3v) is 1.05. The van der Waals surface area contributed by atoms with Crippen molar-refractivity contribution in [2.45, 2.75) is 4.17 Å². The summed E-state index contributed by atoms with van der Waals surface area (Å²) in [5.74, 6) is -0.576. The predicted molar refractivity (Wildman–Crippen MR) is 35.1 cm³/mol. The molecule has 0 saturated carbocycles. The monoisotopic (exact) mass is 164 g/mol. The van der Waals surface area contributed by atoms with Gasteiger partial charge in [-0.15, -0.1) is 0 Å². The normalized spacial score (nSPS) is 9.89. The standard InChI is InChI=1S/C2H6O4S.CH3.Na/c3-1-2-7(4,5)6;;/h3H,1-2H2,(H,4,5,6);1H3;. The molecule has 0 aromatic heterocycles. The third kappa shape index (κ3) is 17.7. The molecule has 0 bridgehead atoms. The Morgan fingerprint density at radius 1 is 1.44 bits per heavy atom. The van der Waals surface area contributed by atoms with Crippen LogP contribution in [-0.4, -0.2) is 58.4 Å². The Kier molecular flexibility index (Phi) is 9.73. The average molecular weight is 164 g/mol. The Hall–Kier alpha value is 0.870. The van der Waals surface area contributed by atoms with Crippen LogP contribution < -0.4 is 0 Å². The SMILES string of the molecule is O=S(=O)(O)CCO.[CH3][Na]. The van der Waals surface area contributed by atoms with Crippen LogP contribution in [0.4, 0.5) is 0 Å². The van der Waals surface area contributed by atoms with Crippen molar-refractivity contribution in [1.82, 2.24) is 0 Å². The summed E-state index contributed by atoms with van der Waals surface area (Å²) in [5.41, 5.74) is 0. The molecule has 0 amide bonds. The molecule has 6 heteroatoms. The first-order valence-electron chi connectivity index (χ1n) is 2.62. The number of hydrogen-bond acceptors (Lipinski definition) is 3. The quantitative estimate of drug-likeness (QED) is 0.408. The summed E-state index contributed by atoms with van der Waals surface area (Å²) >= 11 is 1.31. The van der Waals surface area contributed by atoms with E-state index in [2.05, 4.69) is 4.17 Å². The molecular formula is C3H9NaO4S. The molecule has 0 aromatic carbocycles. The van der Waals surface area contributed by atoms with Gasteiger partial charge in [0.05, 0.1) is 12.4 Å². The number of rotatable bonds is 2. The van der Waals surface area contributed by atoms with E-state index in [1.807, 2.05) is 0 Å². The maximum absolute atomic E-state index is 9.63. The fourth-order valence-corrected chi connectivity index (χ4v) is 0.346. The summed E-state index contributed by atoms with van der Waals surface area (Å²) in [4.78, 5) is 0.